The monoisotopic (exact) mass is 594 g/mol. The Morgan fingerprint density at radius 3 is 2.59 bits per heavy atom. The topological polar surface area (TPSA) is 209 Å². The number of likely N-dealkylation sites (N-methyl/N-ethyl adjacent to an activating group) is 1. The molecule has 0 saturated carbocycles. The van der Waals surface area contributed by atoms with Gasteiger partial charge in [-0.15, -0.1) is 0 Å². The molecule has 3 atom stereocenters. The Labute approximate surface area is 237 Å². The van der Waals surface area contributed by atoms with E-state index in [0.29, 0.717) is 6.54 Å². The average molecular weight is 595 g/mol. The van der Waals surface area contributed by atoms with Gasteiger partial charge in [0.1, 0.15) is 23.2 Å². The van der Waals surface area contributed by atoms with Gasteiger partial charge in [0, 0.05) is 25.2 Å². The van der Waals surface area contributed by atoms with E-state index in [4.69, 9.17) is 16.3 Å². The summed E-state index contributed by atoms with van der Waals surface area (Å²) in [5, 5.41) is 54.5. The zero-order chi connectivity index (χ0) is 30.2. The number of carbonyl (C=O) groups is 4. The number of phenolic OH excluding ortho intramolecular Hbond substituents is 2. The molecule has 1 fully saturated rings. The summed E-state index contributed by atoms with van der Waals surface area (Å²) in [4.78, 5) is 52.6. The number of aliphatic hydroxyl groups is 1. The first-order valence-electron chi connectivity index (χ1n) is 12.3. The molecule has 4 amide bonds. The number of aromatic carboxylic acids is 1. The number of phenols is 2. The van der Waals surface area contributed by atoms with Crippen molar-refractivity contribution < 1.29 is 53.7 Å². The molecule has 0 aliphatic carbocycles. The first kappa shape index (κ1) is 29.7. The number of carboxylic acids is 1. The number of benzene rings is 2. The lowest BCUT2D eigenvalue weighted by Crippen LogP contribution is -2.61. The Bertz CT molecular complexity index is 1410. The van der Waals surface area contributed by atoms with Crippen LogP contribution in [0.15, 0.2) is 24.3 Å². The molecule has 0 radical (unpaired) electrons. The molecule has 17 heteroatoms. The van der Waals surface area contributed by atoms with Crippen LogP contribution in [0.2, 0.25) is 5.02 Å². The summed E-state index contributed by atoms with van der Waals surface area (Å²) >= 11 is 6.17. The fourth-order valence-electron chi connectivity index (χ4n) is 4.59. The smallest absolute Gasteiger partial charge is 0.534 e. The minimum atomic E-state index is -1.84. The van der Waals surface area contributed by atoms with Crippen molar-refractivity contribution in [3.63, 3.8) is 0 Å². The Balaban J connectivity index is 1.62. The van der Waals surface area contributed by atoms with Crippen molar-refractivity contribution in [2.45, 2.75) is 31.6 Å². The van der Waals surface area contributed by atoms with Crippen molar-refractivity contribution >= 4 is 42.5 Å². The van der Waals surface area contributed by atoms with Gasteiger partial charge in [0.05, 0.1) is 11.0 Å². The van der Waals surface area contributed by atoms with E-state index in [9.17, 15) is 49.0 Å². The first-order chi connectivity index (χ1) is 19.3. The predicted octanol–water partition coefficient (Wildman–Crippen LogP) is -0.0387. The third-order valence-corrected chi connectivity index (χ3v) is 7.20. The van der Waals surface area contributed by atoms with Gasteiger partial charge in [-0.1, -0.05) is 23.7 Å². The second-order valence-corrected chi connectivity index (χ2v) is 9.63. The number of piperazine rings is 1. The number of aliphatic hydroxyl groups excluding tert-OH is 1. The maximum absolute atomic E-state index is 14.1. The molecule has 14 nitrogen and oxygen atoms in total. The normalized spacial score (nSPS) is 19.2. The predicted molar refractivity (Wildman–Crippen MR) is 139 cm³/mol. The van der Waals surface area contributed by atoms with Crippen molar-refractivity contribution in [3.8, 4) is 17.2 Å². The SMILES string of the molecule is CCN1CCN(C(=O)NC(C(=O)N[C@H]2Cc3ccc(F)c(C(=O)O)c3OB2O)c2ccc(O)c(O)c2Cl)C(O)C1=O. The molecule has 2 unspecified atom stereocenters. The highest BCUT2D eigenvalue weighted by atomic mass is 35.5. The molecule has 4 rings (SSSR count). The largest absolute Gasteiger partial charge is 0.547 e. The Kier molecular flexibility index (Phi) is 8.46. The van der Waals surface area contributed by atoms with E-state index in [0.717, 1.165) is 23.1 Å². The van der Waals surface area contributed by atoms with Crippen LogP contribution in [0.5, 0.6) is 17.2 Å². The molecule has 2 aliphatic rings. The second-order valence-electron chi connectivity index (χ2n) is 9.25. The van der Waals surface area contributed by atoms with Crippen LogP contribution < -0.4 is 15.3 Å². The Morgan fingerprint density at radius 1 is 1.22 bits per heavy atom. The van der Waals surface area contributed by atoms with Crippen molar-refractivity contribution in [2.75, 3.05) is 19.6 Å². The van der Waals surface area contributed by atoms with Crippen LogP contribution in [0.1, 0.15) is 34.5 Å². The molecule has 0 spiro atoms. The zero-order valence-corrected chi connectivity index (χ0v) is 22.1. The van der Waals surface area contributed by atoms with Gasteiger partial charge in [-0.25, -0.2) is 14.0 Å². The van der Waals surface area contributed by atoms with Crippen LogP contribution in [0.25, 0.3) is 0 Å². The number of urea groups is 1. The highest BCUT2D eigenvalue weighted by Gasteiger charge is 2.42. The number of fused-ring (bicyclic) bond motifs is 1. The van der Waals surface area contributed by atoms with E-state index in [1.54, 1.807) is 6.92 Å². The third kappa shape index (κ3) is 5.66. The molecule has 2 heterocycles. The van der Waals surface area contributed by atoms with E-state index in [-0.39, 0.29) is 30.6 Å². The van der Waals surface area contributed by atoms with Gasteiger partial charge >= 0.3 is 19.1 Å². The summed E-state index contributed by atoms with van der Waals surface area (Å²) in [5.74, 6) is -7.49. The fourth-order valence-corrected chi connectivity index (χ4v) is 4.86. The highest BCUT2D eigenvalue weighted by molar-refractivity contribution is 6.47. The molecule has 2 aromatic rings. The van der Waals surface area contributed by atoms with Gasteiger partial charge in [-0.3, -0.25) is 14.5 Å². The van der Waals surface area contributed by atoms with Crippen LogP contribution in [0, 0.1) is 5.82 Å². The number of carbonyl (C=O) groups excluding carboxylic acids is 3. The molecule has 0 bridgehead atoms. The van der Waals surface area contributed by atoms with E-state index in [1.807, 2.05) is 0 Å². The van der Waals surface area contributed by atoms with Gasteiger partial charge in [0.15, 0.2) is 11.5 Å². The fraction of sp³-hybridized carbons (Fsp3) is 0.333. The van der Waals surface area contributed by atoms with Crippen molar-refractivity contribution in [3.05, 3.63) is 51.8 Å². The molecule has 7 N–H and O–H groups in total. The standard InChI is InChI=1S/C24H25BClFN4O10/c1-2-30-7-8-31(22(36)21(30)35)24(39)29-17(11-4-6-13(32)18(33)16(11)26)20(34)28-14-9-10-3-5-12(27)15(23(37)38)19(10)41-25(14)40/h3-6,14,17,22,32-33,36,40H,2,7-9H2,1H3,(H,28,34)(H,29,39)(H,37,38)/t14-,17?,22?/m0/s1. The summed E-state index contributed by atoms with van der Waals surface area (Å²) in [6.07, 6.45) is -2.05. The second kappa shape index (κ2) is 11.7. The number of amides is 4. The van der Waals surface area contributed by atoms with E-state index in [1.165, 1.54) is 11.0 Å². The highest BCUT2D eigenvalue weighted by Crippen LogP contribution is 2.38. The Morgan fingerprint density at radius 2 is 1.93 bits per heavy atom. The lowest BCUT2D eigenvalue weighted by Gasteiger charge is -2.38. The lowest BCUT2D eigenvalue weighted by molar-refractivity contribution is -0.153. The molecule has 41 heavy (non-hydrogen) atoms. The number of carboxylic acid groups (broad SMARTS) is 1. The number of nitrogens with zero attached hydrogens (tertiary/aromatic N) is 2. The number of halogens is 2. The number of hydrogen-bond donors (Lipinski definition) is 7. The van der Waals surface area contributed by atoms with Crippen LogP contribution in [-0.2, 0) is 16.0 Å². The van der Waals surface area contributed by atoms with Gasteiger partial charge < -0.3 is 45.6 Å². The van der Waals surface area contributed by atoms with Gasteiger partial charge in [0.2, 0.25) is 12.1 Å². The minimum Gasteiger partial charge on any atom is -0.534 e. The molecular weight excluding hydrogens is 570 g/mol. The summed E-state index contributed by atoms with van der Waals surface area (Å²) in [5.41, 5.74) is -0.822. The number of aromatic hydroxyl groups is 2. The summed E-state index contributed by atoms with van der Waals surface area (Å²) in [6, 6.07) is 1.53. The Hall–Kier alpha value is -4.28. The number of nitrogens with one attached hydrogen (secondary N) is 2. The molecule has 0 aromatic heterocycles. The minimum absolute atomic E-state index is 0.0795. The summed E-state index contributed by atoms with van der Waals surface area (Å²) in [7, 11) is -1.84. The van der Waals surface area contributed by atoms with Gasteiger partial charge in [-0.05, 0) is 31.0 Å². The van der Waals surface area contributed by atoms with E-state index >= 15 is 0 Å². The summed E-state index contributed by atoms with van der Waals surface area (Å²) in [6.45, 7) is 2.03. The van der Waals surface area contributed by atoms with Crippen LogP contribution >= 0.6 is 11.6 Å². The number of hydrogen-bond acceptors (Lipinski definition) is 9. The van der Waals surface area contributed by atoms with Gasteiger partial charge in [-0.2, -0.15) is 0 Å². The van der Waals surface area contributed by atoms with Crippen molar-refractivity contribution in [1.82, 2.24) is 20.4 Å². The molecular formula is C24H25BClFN4O10. The molecule has 2 aromatic carbocycles. The van der Waals surface area contributed by atoms with Crippen molar-refractivity contribution in [2.24, 2.45) is 0 Å². The van der Waals surface area contributed by atoms with Gasteiger partial charge in [0.25, 0.3) is 5.91 Å². The van der Waals surface area contributed by atoms with Crippen LogP contribution in [0.4, 0.5) is 9.18 Å². The third-order valence-electron chi connectivity index (χ3n) is 6.80. The maximum atomic E-state index is 14.1. The van der Waals surface area contributed by atoms with E-state index in [2.05, 4.69) is 10.6 Å². The quantitative estimate of drug-likeness (QED) is 0.175. The van der Waals surface area contributed by atoms with Crippen LogP contribution in [0.3, 0.4) is 0 Å². The maximum Gasteiger partial charge on any atom is 0.547 e. The molecule has 1 saturated heterocycles. The molecule has 2 aliphatic heterocycles. The van der Waals surface area contributed by atoms with Crippen molar-refractivity contribution in [1.29, 1.82) is 0 Å². The first-order valence-corrected chi connectivity index (χ1v) is 12.7. The molecule has 218 valence electrons. The zero-order valence-electron chi connectivity index (χ0n) is 21.4. The van der Waals surface area contributed by atoms with Crippen LogP contribution in [-0.4, -0.2) is 98.0 Å². The summed E-state index contributed by atoms with van der Waals surface area (Å²) < 4.78 is 19.3. The van der Waals surface area contributed by atoms with E-state index < -0.39 is 82.8 Å². The lowest BCUT2D eigenvalue weighted by atomic mass is 9.72. The number of rotatable bonds is 6. The average Bonchev–Trinajstić information content (AvgIpc) is 2.92.